The van der Waals surface area contributed by atoms with Gasteiger partial charge >= 0.3 is 0 Å². The minimum Gasteiger partial charge on any atom is -0.348 e. The summed E-state index contributed by atoms with van der Waals surface area (Å²) in [6.45, 7) is 4.30. The Morgan fingerprint density at radius 1 is 1.25 bits per heavy atom. The first-order chi connectivity index (χ1) is 15.1. The molecule has 0 aliphatic carbocycles. The molecule has 1 atom stereocenters. The summed E-state index contributed by atoms with van der Waals surface area (Å²) < 4.78 is 41.1. The van der Waals surface area contributed by atoms with Gasteiger partial charge in [-0.05, 0) is 55.3 Å². The van der Waals surface area contributed by atoms with Crippen LogP contribution in [0.4, 0.5) is 10.1 Å². The number of nitrogens with one attached hydrogen (secondary N) is 1. The van der Waals surface area contributed by atoms with Gasteiger partial charge in [0.15, 0.2) is 5.82 Å². The number of aromatic nitrogens is 3. The molecule has 0 bridgehead atoms. The van der Waals surface area contributed by atoms with Crippen molar-refractivity contribution in [1.29, 1.82) is 0 Å². The van der Waals surface area contributed by atoms with Gasteiger partial charge in [-0.15, -0.1) is 0 Å². The number of carbonyl (C=O) groups excluding carboxylic acids is 1. The third-order valence-electron chi connectivity index (χ3n) is 5.39. The maximum Gasteiger partial charge on any atom is 0.251 e. The molecule has 2 aromatic carbocycles. The highest BCUT2D eigenvalue weighted by Crippen LogP contribution is 2.41. The van der Waals surface area contributed by atoms with E-state index < -0.39 is 15.9 Å². The number of rotatable bonds is 6. The molecule has 3 aromatic rings. The van der Waals surface area contributed by atoms with Crippen LogP contribution in [0.1, 0.15) is 53.1 Å². The molecule has 168 valence electrons. The van der Waals surface area contributed by atoms with Gasteiger partial charge in [0.2, 0.25) is 10.0 Å². The third-order valence-corrected chi connectivity index (χ3v) is 6.54. The lowest BCUT2D eigenvalue weighted by molar-refractivity contribution is 0.0950. The van der Waals surface area contributed by atoms with Gasteiger partial charge in [0, 0.05) is 24.7 Å². The van der Waals surface area contributed by atoms with Crippen LogP contribution in [0.15, 0.2) is 48.8 Å². The number of amides is 1. The number of anilines is 1. The van der Waals surface area contributed by atoms with E-state index in [2.05, 4.69) is 15.4 Å². The quantitative estimate of drug-likeness (QED) is 0.614. The average molecular weight is 458 g/mol. The molecule has 0 saturated heterocycles. The van der Waals surface area contributed by atoms with Crippen LogP contribution in [0.2, 0.25) is 0 Å². The van der Waals surface area contributed by atoms with E-state index in [0.29, 0.717) is 28.2 Å². The summed E-state index contributed by atoms with van der Waals surface area (Å²) in [5, 5.41) is 7.29. The van der Waals surface area contributed by atoms with Crippen molar-refractivity contribution in [3.8, 4) is 0 Å². The summed E-state index contributed by atoms with van der Waals surface area (Å²) in [7, 11) is -3.51. The molecule has 10 heteroatoms. The minimum atomic E-state index is -3.51. The van der Waals surface area contributed by atoms with E-state index >= 15 is 0 Å². The van der Waals surface area contributed by atoms with Crippen molar-refractivity contribution in [3.63, 3.8) is 0 Å². The molecule has 1 aromatic heterocycles. The number of hydrogen-bond donors (Lipinski definition) is 1. The number of benzene rings is 2. The number of carbonyl (C=O) groups is 1. The van der Waals surface area contributed by atoms with E-state index in [4.69, 9.17) is 0 Å². The summed E-state index contributed by atoms with van der Waals surface area (Å²) in [4.78, 5) is 17.1. The molecule has 0 fully saturated rings. The topological polar surface area (TPSA) is 97.2 Å². The predicted octanol–water partition coefficient (Wildman–Crippen LogP) is 2.84. The number of nitrogens with zero attached hydrogens (tertiary/aromatic N) is 4. The second kappa shape index (κ2) is 8.34. The molecule has 1 aliphatic rings. The Morgan fingerprint density at radius 2 is 2.03 bits per heavy atom. The van der Waals surface area contributed by atoms with Gasteiger partial charge in [0.05, 0.1) is 17.9 Å². The maximum absolute atomic E-state index is 13.4. The van der Waals surface area contributed by atoms with Gasteiger partial charge in [0.1, 0.15) is 12.1 Å². The lowest BCUT2D eigenvalue weighted by Gasteiger charge is -2.16. The van der Waals surface area contributed by atoms with Gasteiger partial charge in [-0.2, -0.15) is 5.10 Å². The van der Waals surface area contributed by atoms with Crippen LogP contribution in [0.3, 0.4) is 0 Å². The Bertz CT molecular complexity index is 1270. The Labute approximate surface area is 186 Å². The highest BCUT2D eigenvalue weighted by Gasteiger charge is 2.37. The average Bonchev–Trinajstić information content (AvgIpc) is 3.36. The van der Waals surface area contributed by atoms with Gasteiger partial charge < -0.3 is 5.32 Å². The van der Waals surface area contributed by atoms with Crippen LogP contribution in [0.5, 0.6) is 0 Å². The van der Waals surface area contributed by atoms with Crippen molar-refractivity contribution < 1.29 is 17.6 Å². The normalized spacial score (nSPS) is 15.8. The Hall–Kier alpha value is -3.27. The maximum atomic E-state index is 13.4. The smallest absolute Gasteiger partial charge is 0.251 e. The van der Waals surface area contributed by atoms with Crippen molar-refractivity contribution in [2.24, 2.45) is 0 Å². The molecule has 1 N–H and O–H groups in total. The number of halogens is 1. The van der Waals surface area contributed by atoms with E-state index in [1.807, 2.05) is 13.8 Å². The van der Waals surface area contributed by atoms with E-state index in [-0.39, 0.29) is 30.9 Å². The minimum absolute atomic E-state index is 0.114. The van der Waals surface area contributed by atoms with Crippen molar-refractivity contribution in [2.75, 3.05) is 17.1 Å². The molecule has 1 aliphatic heterocycles. The highest BCUT2D eigenvalue weighted by atomic mass is 32.2. The van der Waals surface area contributed by atoms with Crippen LogP contribution in [0.25, 0.3) is 0 Å². The summed E-state index contributed by atoms with van der Waals surface area (Å²) in [5.41, 5.74) is 2.21. The largest absolute Gasteiger partial charge is 0.348 e. The van der Waals surface area contributed by atoms with Crippen LogP contribution in [-0.4, -0.2) is 41.9 Å². The lowest BCUT2D eigenvalue weighted by Crippen LogP contribution is -2.29. The Morgan fingerprint density at radius 3 is 2.69 bits per heavy atom. The second-order valence-corrected chi connectivity index (χ2v) is 10.0. The zero-order chi connectivity index (χ0) is 23.0. The SMILES string of the molecule is CC(C)n1cnc(C2CN(S(C)(=O)=O)c3ccc(C(=O)NCc4cccc(F)c4)cc32)n1. The summed E-state index contributed by atoms with van der Waals surface area (Å²) in [5.74, 6) is -0.597. The second-order valence-electron chi connectivity index (χ2n) is 8.11. The molecular formula is C22H24FN5O3S. The molecule has 4 rings (SSSR count). The molecule has 2 heterocycles. The first-order valence-corrected chi connectivity index (χ1v) is 12.0. The summed E-state index contributed by atoms with van der Waals surface area (Å²) in [6.07, 6.45) is 2.78. The van der Waals surface area contributed by atoms with Crippen molar-refractivity contribution >= 4 is 21.6 Å². The lowest BCUT2D eigenvalue weighted by atomic mass is 9.98. The van der Waals surface area contributed by atoms with Gasteiger partial charge in [-0.25, -0.2) is 17.8 Å². The standard InChI is InChI=1S/C22H24FN5O3S/c1-14(2)27-13-25-21(26-27)19-12-28(32(3,30)31)20-8-7-16(10-18(19)20)22(29)24-11-15-5-4-6-17(23)9-15/h4-10,13-14,19H,11-12H2,1-3H3,(H,24,29). The third kappa shape index (κ3) is 4.36. The van der Waals surface area contributed by atoms with Gasteiger partial charge in [-0.3, -0.25) is 13.8 Å². The van der Waals surface area contributed by atoms with Crippen LogP contribution in [-0.2, 0) is 16.6 Å². The Kier molecular flexibility index (Phi) is 5.72. The van der Waals surface area contributed by atoms with Crippen molar-refractivity contribution in [1.82, 2.24) is 20.1 Å². The molecule has 8 nitrogen and oxygen atoms in total. The molecule has 1 unspecified atom stereocenters. The van der Waals surface area contributed by atoms with E-state index in [1.54, 1.807) is 41.3 Å². The molecule has 1 amide bonds. The molecule has 0 radical (unpaired) electrons. The van der Waals surface area contributed by atoms with Gasteiger partial charge in [-0.1, -0.05) is 12.1 Å². The van der Waals surface area contributed by atoms with Gasteiger partial charge in [0.25, 0.3) is 5.91 Å². The van der Waals surface area contributed by atoms with Crippen molar-refractivity contribution in [3.05, 3.63) is 77.1 Å². The van der Waals surface area contributed by atoms with E-state index in [1.165, 1.54) is 16.4 Å². The monoisotopic (exact) mass is 457 g/mol. The Balaban J connectivity index is 1.64. The molecule has 32 heavy (non-hydrogen) atoms. The van der Waals surface area contributed by atoms with Crippen LogP contribution < -0.4 is 9.62 Å². The highest BCUT2D eigenvalue weighted by molar-refractivity contribution is 7.92. The predicted molar refractivity (Wildman–Crippen MR) is 118 cm³/mol. The molecular weight excluding hydrogens is 433 g/mol. The number of sulfonamides is 1. The first-order valence-electron chi connectivity index (χ1n) is 10.2. The first kappa shape index (κ1) is 21.9. The van der Waals surface area contributed by atoms with Crippen LogP contribution >= 0.6 is 0 Å². The summed E-state index contributed by atoms with van der Waals surface area (Å²) in [6, 6.07) is 11.0. The molecule has 0 saturated carbocycles. The number of fused-ring (bicyclic) bond motifs is 1. The zero-order valence-corrected chi connectivity index (χ0v) is 18.8. The fourth-order valence-electron chi connectivity index (χ4n) is 3.73. The summed E-state index contributed by atoms with van der Waals surface area (Å²) >= 11 is 0. The van der Waals surface area contributed by atoms with Crippen molar-refractivity contribution in [2.45, 2.75) is 32.4 Å². The fourth-order valence-corrected chi connectivity index (χ4v) is 4.67. The zero-order valence-electron chi connectivity index (χ0n) is 18.0. The number of hydrogen-bond acceptors (Lipinski definition) is 5. The van der Waals surface area contributed by atoms with E-state index in [9.17, 15) is 17.6 Å². The van der Waals surface area contributed by atoms with Crippen LogP contribution in [0, 0.1) is 5.82 Å². The fraction of sp³-hybridized carbons (Fsp3) is 0.318. The molecule has 0 spiro atoms. The van der Waals surface area contributed by atoms with E-state index in [0.717, 1.165) is 6.26 Å².